The van der Waals surface area contributed by atoms with E-state index in [1.165, 1.54) is 12.1 Å². The van der Waals surface area contributed by atoms with Crippen LogP contribution in [0.15, 0.2) is 18.2 Å². The second-order valence-corrected chi connectivity index (χ2v) is 5.24. The minimum atomic E-state index is -0.404. The Hall–Kier alpha value is -1.93. The smallest absolute Gasteiger partial charge is 0.310 e. The summed E-state index contributed by atoms with van der Waals surface area (Å²) in [5, 5.41) is 9.07. The highest BCUT2D eigenvalue weighted by molar-refractivity contribution is 5.72. The first-order valence-corrected chi connectivity index (χ1v) is 7.21. The van der Waals surface area contributed by atoms with Crippen LogP contribution >= 0.6 is 0 Å². The average molecular weight is 290 g/mol. The third kappa shape index (κ3) is 4.02. The van der Waals surface area contributed by atoms with E-state index in [1.54, 1.807) is 13.0 Å². The molecule has 1 aromatic rings. The minimum Gasteiger partial charge on any atom is -0.466 e. The van der Waals surface area contributed by atoms with E-state index in [2.05, 4.69) is 4.90 Å². The Balaban J connectivity index is 2.03. The summed E-state index contributed by atoms with van der Waals surface area (Å²) >= 11 is 0. The number of halogens is 1. The van der Waals surface area contributed by atoms with Crippen molar-refractivity contribution in [2.75, 3.05) is 19.7 Å². The summed E-state index contributed by atoms with van der Waals surface area (Å²) in [5.74, 6) is -0.662. The highest BCUT2D eigenvalue weighted by atomic mass is 19.1. The number of hydrogen-bond acceptors (Lipinski definition) is 4. The summed E-state index contributed by atoms with van der Waals surface area (Å²) < 4.78 is 18.2. The highest BCUT2D eigenvalue weighted by Crippen LogP contribution is 2.21. The molecule has 0 N–H and O–H groups in total. The number of likely N-dealkylation sites (tertiary alicyclic amines) is 1. The van der Waals surface area contributed by atoms with E-state index in [1.807, 2.05) is 6.07 Å². The molecule has 1 atom stereocenters. The highest BCUT2D eigenvalue weighted by Gasteiger charge is 2.27. The molecule has 0 radical (unpaired) electrons. The molecule has 21 heavy (non-hydrogen) atoms. The lowest BCUT2D eigenvalue weighted by molar-refractivity contribution is -0.150. The van der Waals surface area contributed by atoms with Crippen molar-refractivity contribution in [3.8, 4) is 6.07 Å². The average Bonchev–Trinajstić information content (AvgIpc) is 2.49. The van der Waals surface area contributed by atoms with E-state index in [-0.39, 0.29) is 11.9 Å². The Kier molecular flexibility index (Phi) is 5.29. The molecule has 2 rings (SSSR count). The van der Waals surface area contributed by atoms with Crippen molar-refractivity contribution in [1.82, 2.24) is 4.90 Å². The van der Waals surface area contributed by atoms with Gasteiger partial charge in [-0.15, -0.1) is 0 Å². The third-order valence-corrected chi connectivity index (χ3v) is 3.71. The molecular weight excluding hydrogens is 271 g/mol. The molecule has 0 bridgehead atoms. The maximum atomic E-state index is 13.1. The first-order chi connectivity index (χ1) is 10.1. The monoisotopic (exact) mass is 290 g/mol. The van der Waals surface area contributed by atoms with Crippen molar-refractivity contribution in [3.05, 3.63) is 35.1 Å². The lowest BCUT2D eigenvalue weighted by Gasteiger charge is -2.31. The first kappa shape index (κ1) is 15.5. The maximum Gasteiger partial charge on any atom is 0.310 e. The van der Waals surface area contributed by atoms with Crippen LogP contribution in [0.25, 0.3) is 0 Å². The summed E-state index contributed by atoms with van der Waals surface area (Å²) in [4.78, 5) is 13.9. The topological polar surface area (TPSA) is 53.3 Å². The van der Waals surface area contributed by atoms with E-state index < -0.39 is 5.82 Å². The maximum absolute atomic E-state index is 13.1. The molecule has 0 amide bonds. The van der Waals surface area contributed by atoms with Gasteiger partial charge in [-0.1, -0.05) is 6.07 Å². The number of carbonyl (C=O) groups excluding carboxylic acids is 1. The molecule has 1 heterocycles. The number of hydrogen-bond donors (Lipinski definition) is 0. The van der Waals surface area contributed by atoms with Gasteiger partial charge in [0.05, 0.1) is 24.2 Å². The van der Waals surface area contributed by atoms with Gasteiger partial charge >= 0.3 is 5.97 Å². The third-order valence-electron chi connectivity index (χ3n) is 3.71. The second kappa shape index (κ2) is 7.19. The number of esters is 1. The van der Waals surface area contributed by atoms with Crippen LogP contribution in [0.5, 0.6) is 0 Å². The fraction of sp³-hybridized carbons (Fsp3) is 0.500. The summed E-state index contributed by atoms with van der Waals surface area (Å²) in [7, 11) is 0. The summed E-state index contributed by atoms with van der Waals surface area (Å²) in [6.45, 7) is 4.25. The largest absolute Gasteiger partial charge is 0.466 e. The standard InChI is InChI=1S/C16H19FN2O2/c1-2-21-16(20)13-4-3-7-19(11-13)10-12-5-6-15(17)8-14(12)9-18/h5-6,8,13H,2-4,7,10-11H2,1H3/t13-/m0/s1. The molecule has 1 saturated heterocycles. The van der Waals surface area contributed by atoms with Crippen molar-refractivity contribution in [2.24, 2.45) is 5.92 Å². The molecule has 5 heteroatoms. The minimum absolute atomic E-state index is 0.107. The molecule has 4 nitrogen and oxygen atoms in total. The van der Waals surface area contributed by atoms with Gasteiger partial charge in [-0.05, 0) is 44.0 Å². The van der Waals surface area contributed by atoms with Gasteiger partial charge in [-0.3, -0.25) is 9.69 Å². The number of nitriles is 1. The Morgan fingerprint density at radius 3 is 3.10 bits per heavy atom. The molecule has 1 aliphatic rings. The van der Waals surface area contributed by atoms with Gasteiger partial charge < -0.3 is 4.74 Å². The van der Waals surface area contributed by atoms with Crippen LogP contribution in [-0.4, -0.2) is 30.6 Å². The van der Waals surface area contributed by atoms with Crippen molar-refractivity contribution >= 4 is 5.97 Å². The number of nitrogens with zero attached hydrogens (tertiary/aromatic N) is 2. The Labute approximate surface area is 124 Å². The van der Waals surface area contributed by atoms with Gasteiger partial charge in [0, 0.05) is 13.1 Å². The van der Waals surface area contributed by atoms with Gasteiger partial charge in [0.25, 0.3) is 0 Å². The quantitative estimate of drug-likeness (QED) is 0.799. The number of benzene rings is 1. The zero-order chi connectivity index (χ0) is 15.2. The molecule has 1 aromatic carbocycles. The predicted molar refractivity (Wildman–Crippen MR) is 75.7 cm³/mol. The van der Waals surface area contributed by atoms with Crippen molar-refractivity contribution in [1.29, 1.82) is 5.26 Å². The fourth-order valence-electron chi connectivity index (χ4n) is 2.68. The van der Waals surface area contributed by atoms with Crippen LogP contribution in [0.1, 0.15) is 30.9 Å². The van der Waals surface area contributed by atoms with Gasteiger partial charge in [0.2, 0.25) is 0 Å². The summed E-state index contributed by atoms with van der Waals surface area (Å²) in [6.07, 6.45) is 1.76. The normalized spacial score (nSPS) is 19.0. The van der Waals surface area contributed by atoms with E-state index in [0.29, 0.717) is 25.3 Å². The van der Waals surface area contributed by atoms with Crippen LogP contribution in [0.3, 0.4) is 0 Å². The zero-order valence-corrected chi connectivity index (χ0v) is 12.1. The van der Waals surface area contributed by atoms with E-state index in [9.17, 15) is 9.18 Å². The van der Waals surface area contributed by atoms with Gasteiger partial charge in [-0.25, -0.2) is 4.39 Å². The number of ether oxygens (including phenoxy) is 1. The van der Waals surface area contributed by atoms with E-state index in [4.69, 9.17) is 10.00 Å². The SMILES string of the molecule is CCOC(=O)[C@H]1CCCN(Cc2ccc(F)cc2C#N)C1. The molecule has 0 saturated carbocycles. The second-order valence-electron chi connectivity index (χ2n) is 5.24. The number of rotatable bonds is 4. The fourth-order valence-corrected chi connectivity index (χ4v) is 2.68. The summed E-state index contributed by atoms with van der Waals surface area (Å²) in [5.41, 5.74) is 1.15. The van der Waals surface area contributed by atoms with Gasteiger partial charge in [0.1, 0.15) is 5.82 Å². The predicted octanol–water partition coefficient (Wildman–Crippen LogP) is 2.47. The van der Waals surface area contributed by atoms with Gasteiger partial charge in [0.15, 0.2) is 0 Å². The van der Waals surface area contributed by atoms with Crippen LogP contribution < -0.4 is 0 Å². The van der Waals surface area contributed by atoms with Crippen LogP contribution in [0, 0.1) is 23.1 Å². The van der Waals surface area contributed by atoms with Crippen molar-refractivity contribution in [2.45, 2.75) is 26.3 Å². The van der Waals surface area contributed by atoms with Crippen LogP contribution in [0.4, 0.5) is 4.39 Å². The zero-order valence-electron chi connectivity index (χ0n) is 12.1. The van der Waals surface area contributed by atoms with Crippen LogP contribution in [0.2, 0.25) is 0 Å². The molecular formula is C16H19FN2O2. The van der Waals surface area contributed by atoms with Crippen LogP contribution in [-0.2, 0) is 16.1 Å². The van der Waals surface area contributed by atoms with Crippen molar-refractivity contribution < 1.29 is 13.9 Å². The molecule has 0 aliphatic carbocycles. The molecule has 1 fully saturated rings. The Morgan fingerprint density at radius 2 is 2.38 bits per heavy atom. The Bertz CT molecular complexity index is 554. The summed E-state index contributed by atoms with van der Waals surface area (Å²) in [6, 6.07) is 6.28. The number of piperidine rings is 1. The lowest BCUT2D eigenvalue weighted by Crippen LogP contribution is -2.39. The van der Waals surface area contributed by atoms with Gasteiger partial charge in [-0.2, -0.15) is 5.26 Å². The molecule has 0 aromatic heterocycles. The Morgan fingerprint density at radius 1 is 1.57 bits per heavy atom. The molecule has 112 valence electrons. The molecule has 0 unspecified atom stereocenters. The van der Waals surface area contributed by atoms with E-state index in [0.717, 1.165) is 24.9 Å². The first-order valence-electron chi connectivity index (χ1n) is 7.21. The van der Waals surface area contributed by atoms with Crippen molar-refractivity contribution in [3.63, 3.8) is 0 Å². The molecule has 0 spiro atoms. The molecule has 1 aliphatic heterocycles. The van der Waals surface area contributed by atoms with E-state index >= 15 is 0 Å². The number of carbonyl (C=O) groups is 1. The lowest BCUT2D eigenvalue weighted by atomic mass is 9.97.